The minimum absolute atomic E-state index is 0.00346. The van der Waals surface area contributed by atoms with Crippen molar-refractivity contribution in [3.8, 4) is 5.69 Å². The molecule has 0 spiro atoms. The van der Waals surface area contributed by atoms with Gasteiger partial charge in [-0.15, -0.1) is 0 Å². The molecule has 0 aliphatic rings. The summed E-state index contributed by atoms with van der Waals surface area (Å²) >= 11 is 0. The standard InChI is InChI=1S/C21H27N3O3/c1-6-14(2)22-18(25)17-8-7-13-24(19(17)26)16-11-9-15(10-12-16)23-20(27)21(3,4)5/h7-14H,6H2,1-5H3,(H,22,25)(H,23,27). The molecule has 1 aromatic heterocycles. The molecular formula is C21H27N3O3. The molecule has 6 nitrogen and oxygen atoms in total. The third kappa shape index (κ3) is 5.06. The predicted molar refractivity (Wildman–Crippen MR) is 107 cm³/mol. The van der Waals surface area contributed by atoms with Gasteiger partial charge in [0.05, 0.1) is 0 Å². The van der Waals surface area contributed by atoms with Crippen molar-refractivity contribution < 1.29 is 9.59 Å². The Kier molecular flexibility index (Phi) is 6.20. The van der Waals surface area contributed by atoms with E-state index in [2.05, 4.69) is 10.6 Å². The first-order valence-electron chi connectivity index (χ1n) is 9.08. The Balaban J connectivity index is 2.26. The van der Waals surface area contributed by atoms with Crippen LogP contribution in [0.15, 0.2) is 47.4 Å². The Morgan fingerprint density at radius 2 is 1.74 bits per heavy atom. The van der Waals surface area contributed by atoms with Crippen molar-refractivity contribution in [1.29, 1.82) is 0 Å². The van der Waals surface area contributed by atoms with E-state index in [1.54, 1.807) is 36.5 Å². The smallest absolute Gasteiger partial charge is 0.267 e. The Morgan fingerprint density at radius 3 is 2.30 bits per heavy atom. The average Bonchev–Trinajstić information content (AvgIpc) is 2.61. The van der Waals surface area contributed by atoms with Gasteiger partial charge in [-0.05, 0) is 49.7 Å². The molecule has 1 aromatic carbocycles. The molecule has 2 amide bonds. The number of nitrogens with zero attached hydrogens (tertiary/aromatic N) is 1. The molecule has 2 aromatic rings. The van der Waals surface area contributed by atoms with Crippen molar-refractivity contribution in [2.24, 2.45) is 5.41 Å². The van der Waals surface area contributed by atoms with Crippen LogP contribution in [0, 0.1) is 5.41 Å². The second kappa shape index (κ2) is 8.20. The predicted octanol–water partition coefficient (Wildman–Crippen LogP) is 3.35. The molecule has 0 bridgehead atoms. The van der Waals surface area contributed by atoms with Crippen LogP contribution in [-0.2, 0) is 4.79 Å². The zero-order valence-corrected chi connectivity index (χ0v) is 16.5. The van der Waals surface area contributed by atoms with Gasteiger partial charge in [-0.25, -0.2) is 0 Å². The zero-order chi connectivity index (χ0) is 20.2. The molecule has 27 heavy (non-hydrogen) atoms. The normalized spacial score (nSPS) is 12.3. The molecule has 0 radical (unpaired) electrons. The molecule has 1 heterocycles. The first kappa shape index (κ1) is 20.4. The van der Waals surface area contributed by atoms with Crippen LogP contribution in [0.4, 0.5) is 5.69 Å². The number of pyridine rings is 1. The van der Waals surface area contributed by atoms with Crippen LogP contribution < -0.4 is 16.2 Å². The SMILES string of the molecule is CCC(C)NC(=O)c1cccn(-c2ccc(NC(=O)C(C)(C)C)cc2)c1=O. The summed E-state index contributed by atoms with van der Waals surface area (Å²) in [5, 5.41) is 5.65. The van der Waals surface area contributed by atoms with Gasteiger partial charge in [0.2, 0.25) is 5.91 Å². The van der Waals surface area contributed by atoms with Gasteiger partial charge in [0.15, 0.2) is 0 Å². The third-order valence-electron chi connectivity index (χ3n) is 4.27. The van der Waals surface area contributed by atoms with E-state index in [1.165, 1.54) is 10.6 Å². The topological polar surface area (TPSA) is 80.2 Å². The number of aromatic nitrogens is 1. The highest BCUT2D eigenvalue weighted by Crippen LogP contribution is 2.18. The summed E-state index contributed by atoms with van der Waals surface area (Å²) in [6, 6.07) is 10.1. The molecule has 0 saturated carbocycles. The number of rotatable bonds is 5. The summed E-state index contributed by atoms with van der Waals surface area (Å²) in [5.74, 6) is -0.464. The van der Waals surface area contributed by atoms with Gasteiger partial charge < -0.3 is 10.6 Å². The van der Waals surface area contributed by atoms with Crippen LogP contribution in [0.25, 0.3) is 5.69 Å². The molecule has 2 rings (SSSR count). The van der Waals surface area contributed by atoms with Crippen molar-refractivity contribution in [2.45, 2.75) is 47.1 Å². The van der Waals surface area contributed by atoms with Gasteiger partial charge in [-0.2, -0.15) is 0 Å². The molecule has 1 atom stereocenters. The highest BCUT2D eigenvalue weighted by molar-refractivity contribution is 5.95. The van der Waals surface area contributed by atoms with E-state index in [-0.39, 0.29) is 29.0 Å². The van der Waals surface area contributed by atoms with Crippen molar-refractivity contribution in [3.05, 3.63) is 58.5 Å². The van der Waals surface area contributed by atoms with Crippen molar-refractivity contribution in [3.63, 3.8) is 0 Å². The van der Waals surface area contributed by atoms with E-state index in [0.717, 1.165) is 6.42 Å². The lowest BCUT2D eigenvalue weighted by Crippen LogP contribution is -2.36. The van der Waals surface area contributed by atoms with E-state index in [1.807, 2.05) is 34.6 Å². The second-order valence-corrected chi connectivity index (χ2v) is 7.63. The fourth-order valence-electron chi connectivity index (χ4n) is 2.30. The highest BCUT2D eigenvalue weighted by Gasteiger charge is 2.21. The molecule has 0 aliphatic carbocycles. The number of nitrogens with one attached hydrogen (secondary N) is 2. The average molecular weight is 369 g/mol. The van der Waals surface area contributed by atoms with Gasteiger partial charge in [0.25, 0.3) is 11.5 Å². The summed E-state index contributed by atoms with van der Waals surface area (Å²) < 4.78 is 1.42. The van der Waals surface area contributed by atoms with Crippen LogP contribution in [0.3, 0.4) is 0 Å². The van der Waals surface area contributed by atoms with Crippen LogP contribution >= 0.6 is 0 Å². The number of benzene rings is 1. The van der Waals surface area contributed by atoms with E-state index in [4.69, 9.17) is 0 Å². The van der Waals surface area contributed by atoms with Crippen LogP contribution in [0.5, 0.6) is 0 Å². The lowest BCUT2D eigenvalue weighted by atomic mass is 9.95. The molecular weight excluding hydrogens is 342 g/mol. The van der Waals surface area contributed by atoms with Gasteiger partial charge in [-0.3, -0.25) is 19.0 Å². The number of hydrogen-bond donors (Lipinski definition) is 2. The molecule has 2 N–H and O–H groups in total. The minimum Gasteiger partial charge on any atom is -0.349 e. The highest BCUT2D eigenvalue weighted by atomic mass is 16.2. The third-order valence-corrected chi connectivity index (χ3v) is 4.27. The van der Waals surface area contributed by atoms with Gasteiger partial charge in [-0.1, -0.05) is 27.7 Å². The lowest BCUT2D eigenvalue weighted by molar-refractivity contribution is -0.123. The zero-order valence-electron chi connectivity index (χ0n) is 16.5. The summed E-state index contributed by atoms with van der Waals surface area (Å²) in [6.45, 7) is 9.38. The van der Waals surface area contributed by atoms with E-state index < -0.39 is 5.41 Å². The fourth-order valence-corrected chi connectivity index (χ4v) is 2.30. The summed E-state index contributed by atoms with van der Waals surface area (Å²) in [7, 11) is 0. The molecule has 0 aliphatic heterocycles. The van der Waals surface area contributed by atoms with Gasteiger partial charge >= 0.3 is 0 Å². The Labute approximate surface area is 159 Å². The van der Waals surface area contributed by atoms with Gasteiger partial charge in [0.1, 0.15) is 5.56 Å². The van der Waals surface area contributed by atoms with E-state index in [0.29, 0.717) is 11.4 Å². The number of hydrogen-bond acceptors (Lipinski definition) is 3. The first-order valence-corrected chi connectivity index (χ1v) is 9.08. The van der Waals surface area contributed by atoms with E-state index >= 15 is 0 Å². The largest absolute Gasteiger partial charge is 0.349 e. The van der Waals surface area contributed by atoms with Gasteiger partial charge in [0, 0.05) is 29.0 Å². The summed E-state index contributed by atoms with van der Waals surface area (Å²) in [4.78, 5) is 37.1. The Morgan fingerprint density at radius 1 is 1.11 bits per heavy atom. The summed E-state index contributed by atoms with van der Waals surface area (Å²) in [6.07, 6.45) is 2.40. The Bertz CT molecular complexity index is 877. The molecule has 6 heteroatoms. The summed E-state index contributed by atoms with van der Waals surface area (Å²) in [5.41, 5.74) is 0.490. The van der Waals surface area contributed by atoms with Crippen LogP contribution in [0.1, 0.15) is 51.4 Å². The maximum absolute atomic E-state index is 12.7. The number of carbonyl (C=O) groups excluding carboxylic acids is 2. The van der Waals surface area contributed by atoms with Crippen LogP contribution in [-0.4, -0.2) is 22.4 Å². The minimum atomic E-state index is -0.493. The second-order valence-electron chi connectivity index (χ2n) is 7.63. The van der Waals surface area contributed by atoms with Crippen LogP contribution in [0.2, 0.25) is 0 Å². The van der Waals surface area contributed by atoms with Crippen molar-refractivity contribution in [2.75, 3.05) is 5.32 Å². The first-order chi connectivity index (χ1) is 12.6. The van der Waals surface area contributed by atoms with Crippen molar-refractivity contribution >= 4 is 17.5 Å². The number of anilines is 1. The lowest BCUT2D eigenvalue weighted by Gasteiger charge is -2.18. The molecule has 1 unspecified atom stereocenters. The fraction of sp³-hybridized carbons (Fsp3) is 0.381. The number of carbonyl (C=O) groups is 2. The quantitative estimate of drug-likeness (QED) is 0.848. The maximum atomic E-state index is 12.7. The molecule has 144 valence electrons. The molecule has 0 fully saturated rings. The maximum Gasteiger partial charge on any atom is 0.267 e. The van der Waals surface area contributed by atoms with E-state index in [9.17, 15) is 14.4 Å². The number of amides is 2. The van der Waals surface area contributed by atoms with Crippen molar-refractivity contribution in [1.82, 2.24) is 9.88 Å². The monoisotopic (exact) mass is 369 g/mol. The Hall–Kier alpha value is -2.89. The molecule has 0 saturated heterocycles.